The van der Waals surface area contributed by atoms with Gasteiger partial charge in [-0.05, 0) is 44.0 Å². The van der Waals surface area contributed by atoms with Gasteiger partial charge in [0.1, 0.15) is 5.82 Å². The molecule has 0 radical (unpaired) electrons. The molecule has 1 aromatic heterocycles. The highest BCUT2D eigenvalue weighted by molar-refractivity contribution is 5.94. The lowest BCUT2D eigenvalue weighted by Gasteiger charge is -2.38. The van der Waals surface area contributed by atoms with Crippen molar-refractivity contribution in [3.63, 3.8) is 0 Å². The fraction of sp³-hybridized carbons (Fsp3) is 0.500. The van der Waals surface area contributed by atoms with Crippen molar-refractivity contribution in [1.82, 2.24) is 14.8 Å². The first-order valence-corrected chi connectivity index (χ1v) is 12.0. The number of fused-ring (bicyclic) bond motifs is 1. The Balaban J connectivity index is 1.45. The molecule has 7 nitrogen and oxygen atoms in total. The number of amides is 2. The van der Waals surface area contributed by atoms with E-state index in [1.54, 1.807) is 6.20 Å². The second-order valence-corrected chi connectivity index (χ2v) is 9.55. The topological polar surface area (TPSA) is 66.0 Å². The smallest absolute Gasteiger partial charge is 0.253 e. The summed E-state index contributed by atoms with van der Waals surface area (Å²) in [5.41, 5.74) is 1.30. The number of aromatic nitrogens is 1. The Hall–Kier alpha value is -2.93. The highest BCUT2D eigenvalue weighted by atomic mass is 16.5. The average Bonchev–Trinajstić information content (AvgIpc) is 3.13. The Kier molecular flexibility index (Phi) is 6.06. The number of benzene rings is 1. The molecule has 2 amide bonds. The molecular weight excluding hydrogens is 416 g/mol. The van der Waals surface area contributed by atoms with Crippen LogP contribution in [0.1, 0.15) is 28.8 Å². The number of pyridine rings is 1. The summed E-state index contributed by atoms with van der Waals surface area (Å²) in [6, 6.07) is 13.7. The maximum atomic E-state index is 14.0. The van der Waals surface area contributed by atoms with Crippen LogP contribution in [0.4, 0.5) is 5.82 Å². The molecule has 4 heterocycles. The third-order valence-electron chi connectivity index (χ3n) is 7.44. The SMILES string of the molecule is Cc1cccc(C(=O)N2CCC[C@]3(C(=O)N4CCOCC4)CN(c4ccccn4)C[C@@H]3C2)c1. The molecule has 7 heteroatoms. The summed E-state index contributed by atoms with van der Waals surface area (Å²) >= 11 is 0. The molecule has 1 aromatic carbocycles. The van der Waals surface area contributed by atoms with Crippen LogP contribution in [0.3, 0.4) is 0 Å². The molecule has 3 saturated heterocycles. The van der Waals surface area contributed by atoms with Crippen LogP contribution in [0.15, 0.2) is 48.7 Å². The number of carbonyl (C=O) groups is 2. The van der Waals surface area contributed by atoms with E-state index in [0.29, 0.717) is 45.9 Å². The van der Waals surface area contributed by atoms with Gasteiger partial charge in [-0.2, -0.15) is 0 Å². The minimum atomic E-state index is -0.503. The molecule has 0 N–H and O–H groups in total. The Morgan fingerprint density at radius 2 is 1.88 bits per heavy atom. The van der Waals surface area contributed by atoms with Gasteiger partial charge in [-0.3, -0.25) is 9.59 Å². The van der Waals surface area contributed by atoms with Crippen LogP contribution in [0.5, 0.6) is 0 Å². The van der Waals surface area contributed by atoms with Gasteiger partial charge >= 0.3 is 0 Å². The minimum Gasteiger partial charge on any atom is -0.378 e. The van der Waals surface area contributed by atoms with E-state index in [1.165, 1.54) is 0 Å². The van der Waals surface area contributed by atoms with E-state index in [0.717, 1.165) is 36.3 Å². The van der Waals surface area contributed by atoms with E-state index in [4.69, 9.17) is 4.74 Å². The van der Waals surface area contributed by atoms with Crippen molar-refractivity contribution >= 4 is 17.6 Å². The first kappa shape index (κ1) is 21.9. The van der Waals surface area contributed by atoms with Crippen LogP contribution in [-0.4, -0.2) is 79.1 Å². The maximum Gasteiger partial charge on any atom is 0.253 e. The van der Waals surface area contributed by atoms with Crippen molar-refractivity contribution in [2.75, 3.05) is 57.4 Å². The Labute approximate surface area is 195 Å². The quantitative estimate of drug-likeness (QED) is 0.722. The lowest BCUT2D eigenvalue weighted by molar-refractivity contribution is -0.148. The summed E-state index contributed by atoms with van der Waals surface area (Å²) in [5.74, 6) is 1.24. The number of hydrogen-bond donors (Lipinski definition) is 0. The number of carbonyl (C=O) groups excluding carboxylic acids is 2. The fourth-order valence-electron chi connectivity index (χ4n) is 5.72. The molecule has 2 aromatic rings. The molecule has 0 aliphatic carbocycles. The summed E-state index contributed by atoms with van der Waals surface area (Å²) in [4.78, 5) is 38.2. The zero-order valence-electron chi connectivity index (χ0n) is 19.3. The predicted octanol–water partition coefficient (Wildman–Crippen LogP) is 2.61. The normalized spacial score (nSPS) is 25.5. The van der Waals surface area contributed by atoms with Gasteiger partial charge in [-0.15, -0.1) is 0 Å². The number of morpholine rings is 1. The summed E-state index contributed by atoms with van der Waals surface area (Å²) < 4.78 is 5.50. The van der Waals surface area contributed by atoms with Crippen molar-refractivity contribution in [2.45, 2.75) is 19.8 Å². The standard InChI is InChI=1S/C26H32N4O3/c1-20-6-4-7-21(16-20)24(31)29-11-5-9-26(25(32)28-12-14-33-15-13-28)19-30(18-22(26)17-29)23-8-2-3-10-27-23/h2-4,6-8,10,16,22H,5,9,11-15,17-19H2,1H3/t22-,26-/m0/s1. The second-order valence-electron chi connectivity index (χ2n) is 9.55. The van der Waals surface area contributed by atoms with Crippen LogP contribution in [0.25, 0.3) is 0 Å². The van der Waals surface area contributed by atoms with Gasteiger partial charge in [-0.1, -0.05) is 23.8 Å². The van der Waals surface area contributed by atoms with Gasteiger partial charge < -0.3 is 19.4 Å². The maximum absolute atomic E-state index is 14.0. The van der Waals surface area contributed by atoms with Crippen LogP contribution in [0, 0.1) is 18.3 Å². The number of aryl methyl sites for hydroxylation is 1. The number of rotatable bonds is 3. The molecule has 0 spiro atoms. The van der Waals surface area contributed by atoms with Crippen LogP contribution < -0.4 is 4.90 Å². The molecule has 174 valence electrons. The van der Waals surface area contributed by atoms with Crippen LogP contribution in [0.2, 0.25) is 0 Å². The van der Waals surface area contributed by atoms with E-state index in [-0.39, 0.29) is 17.7 Å². The lowest BCUT2D eigenvalue weighted by Crippen LogP contribution is -2.53. The number of hydrogen-bond acceptors (Lipinski definition) is 5. The van der Waals surface area contributed by atoms with Gasteiger partial charge in [0.15, 0.2) is 0 Å². The van der Waals surface area contributed by atoms with Crippen molar-refractivity contribution < 1.29 is 14.3 Å². The van der Waals surface area contributed by atoms with E-state index >= 15 is 0 Å². The molecule has 0 bridgehead atoms. The van der Waals surface area contributed by atoms with E-state index in [2.05, 4.69) is 9.88 Å². The molecule has 33 heavy (non-hydrogen) atoms. The molecule has 3 fully saturated rings. The molecule has 2 atom stereocenters. The lowest BCUT2D eigenvalue weighted by atomic mass is 9.73. The molecule has 5 rings (SSSR count). The Morgan fingerprint density at radius 3 is 2.64 bits per heavy atom. The monoisotopic (exact) mass is 448 g/mol. The number of nitrogens with zero attached hydrogens (tertiary/aromatic N) is 4. The summed E-state index contributed by atoms with van der Waals surface area (Å²) in [6.07, 6.45) is 3.41. The number of ether oxygens (including phenoxy) is 1. The van der Waals surface area contributed by atoms with E-state index < -0.39 is 5.41 Å². The van der Waals surface area contributed by atoms with Crippen LogP contribution >= 0.6 is 0 Å². The van der Waals surface area contributed by atoms with Gasteiger partial charge in [0.25, 0.3) is 5.91 Å². The minimum absolute atomic E-state index is 0.0598. The van der Waals surface area contributed by atoms with Gasteiger partial charge in [0.2, 0.25) is 5.91 Å². The third-order valence-corrected chi connectivity index (χ3v) is 7.44. The highest BCUT2D eigenvalue weighted by Gasteiger charge is 2.55. The van der Waals surface area contributed by atoms with Crippen LogP contribution in [-0.2, 0) is 9.53 Å². The largest absolute Gasteiger partial charge is 0.378 e. The summed E-state index contributed by atoms with van der Waals surface area (Å²) in [6.45, 7) is 7.13. The second kappa shape index (κ2) is 9.14. The first-order valence-electron chi connectivity index (χ1n) is 12.0. The Bertz CT molecular complexity index is 1010. The first-order chi connectivity index (χ1) is 16.1. The Morgan fingerprint density at radius 1 is 1.03 bits per heavy atom. The third kappa shape index (κ3) is 4.22. The molecular formula is C26H32N4O3. The zero-order chi connectivity index (χ0) is 22.8. The fourth-order valence-corrected chi connectivity index (χ4v) is 5.72. The number of anilines is 1. The van der Waals surface area contributed by atoms with Gasteiger partial charge in [0, 0.05) is 56.9 Å². The van der Waals surface area contributed by atoms with E-state index in [9.17, 15) is 9.59 Å². The van der Waals surface area contributed by atoms with Crippen molar-refractivity contribution in [3.8, 4) is 0 Å². The molecule has 0 unspecified atom stereocenters. The predicted molar refractivity (Wildman–Crippen MR) is 126 cm³/mol. The van der Waals surface area contributed by atoms with Gasteiger partial charge in [0.05, 0.1) is 18.6 Å². The molecule has 0 saturated carbocycles. The van der Waals surface area contributed by atoms with Crippen molar-refractivity contribution in [2.24, 2.45) is 11.3 Å². The van der Waals surface area contributed by atoms with Gasteiger partial charge in [-0.25, -0.2) is 4.98 Å². The average molecular weight is 449 g/mol. The zero-order valence-corrected chi connectivity index (χ0v) is 19.3. The van der Waals surface area contributed by atoms with Crippen molar-refractivity contribution in [3.05, 3.63) is 59.8 Å². The number of likely N-dealkylation sites (tertiary alicyclic amines) is 1. The highest BCUT2D eigenvalue weighted by Crippen LogP contribution is 2.45. The molecule has 3 aliphatic heterocycles. The summed E-state index contributed by atoms with van der Waals surface area (Å²) in [5, 5.41) is 0. The van der Waals surface area contributed by atoms with E-state index in [1.807, 2.05) is 59.2 Å². The summed E-state index contributed by atoms with van der Waals surface area (Å²) in [7, 11) is 0. The molecule has 3 aliphatic rings. The van der Waals surface area contributed by atoms with Crippen molar-refractivity contribution in [1.29, 1.82) is 0 Å².